The third-order valence-corrected chi connectivity index (χ3v) is 2.99. The molecule has 0 aliphatic carbocycles. The van der Waals surface area contributed by atoms with E-state index in [0.717, 1.165) is 6.42 Å². The van der Waals surface area contributed by atoms with E-state index in [-0.39, 0.29) is 5.78 Å². The van der Waals surface area contributed by atoms with Crippen LogP contribution >= 0.6 is 0 Å². The van der Waals surface area contributed by atoms with Crippen molar-refractivity contribution < 1.29 is 14.7 Å². The zero-order valence-corrected chi connectivity index (χ0v) is 9.59. The van der Waals surface area contributed by atoms with Crippen LogP contribution < -0.4 is 4.90 Å². The molecule has 1 aromatic heterocycles. The van der Waals surface area contributed by atoms with E-state index < -0.39 is 12.0 Å². The molecule has 0 spiro atoms. The van der Waals surface area contributed by atoms with Gasteiger partial charge in [0.2, 0.25) is 0 Å². The van der Waals surface area contributed by atoms with Crippen molar-refractivity contribution in [2.24, 2.45) is 0 Å². The number of anilines is 1. The fourth-order valence-electron chi connectivity index (χ4n) is 2.06. The smallest absolute Gasteiger partial charge is 0.326 e. The van der Waals surface area contributed by atoms with Crippen LogP contribution in [0.5, 0.6) is 0 Å². The van der Waals surface area contributed by atoms with E-state index in [2.05, 4.69) is 4.98 Å². The molecule has 1 aliphatic rings. The summed E-state index contributed by atoms with van der Waals surface area (Å²) in [6.07, 6.45) is 2.99. The number of carbonyl (C=O) groups is 2. The zero-order valence-electron chi connectivity index (χ0n) is 9.59. The van der Waals surface area contributed by atoms with E-state index in [1.807, 2.05) is 0 Å². The highest BCUT2D eigenvalue weighted by Gasteiger charge is 2.31. The number of hydrogen-bond donors (Lipinski definition) is 1. The van der Waals surface area contributed by atoms with Crippen LogP contribution in [0.3, 0.4) is 0 Å². The molecular weight excluding hydrogens is 220 g/mol. The number of carboxylic acids is 1. The lowest BCUT2D eigenvalue weighted by molar-refractivity contribution is -0.138. The Morgan fingerprint density at radius 3 is 2.76 bits per heavy atom. The normalized spacial score (nSPS) is 19.4. The Kier molecular flexibility index (Phi) is 3.08. The molecule has 0 amide bonds. The molecule has 0 saturated carbocycles. The number of carbonyl (C=O) groups excluding carboxylic acids is 1. The standard InChI is InChI=1S/C12H14N2O3/c1-8(15)9-4-5-11(13-7-9)14-6-2-3-10(14)12(16)17/h4-5,7,10H,2-3,6H2,1H3,(H,16,17)/t10-/m0/s1. The Bertz CT molecular complexity index is 442. The summed E-state index contributed by atoms with van der Waals surface area (Å²) in [5.41, 5.74) is 0.542. The van der Waals surface area contributed by atoms with E-state index in [9.17, 15) is 9.59 Å². The van der Waals surface area contributed by atoms with E-state index >= 15 is 0 Å². The van der Waals surface area contributed by atoms with Crippen LogP contribution in [0.1, 0.15) is 30.1 Å². The molecular formula is C12H14N2O3. The molecule has 0 aromatic carbocycles. The molecule has 1 fully saturated rings. The van der Waals surface area contributed by atoms with Crippen molar-refractivity contribution >= 4 is 17.6 Å². The van der Waals surface area contributed by atoms with Gasteiger partial charge in [-0.15, -0.1) is 0 Å². The topological polar surface area (TPSA) is 70.5 Å². The van der Waals surface area contributed by atoms with Gasteiger partial charge in [-0.25, -0.2) is 9.78 Å². The molecule has 2 rings (SSSR count). The summed E-state index contributed by atoms with van der Waals surface area (Å²) in [5, 5.41) is 9.06. The van der Waals surface area contributed by atoms with Gasteiger partial charge >= 0.3 is 5.97 Å². The van der Waals surface area contributed by atoms with Gasteiger partial charge in [0, 0.05) is 18.3 Å². The number of Topliss-reactive ketones (excluding diaryl/α,β-unsaturated/α-hetero) is 1. The Balaban J connectivity index is 2.22. The first kappa shape index (κ1) is 11.6. The molecule has 5 nitrogen and oxygen atoms in total. The van der Waals surface area contributed by atoms with E-state index in [0.29, 0.717) is 24.3 Å². The van der Waals surface area contributed by atoms with Gasteiger partial charge in [-0.2, -0.15) is 0 Å². The summed E-state index contributed by atoms with van der Waals surface area (Å²) in [7, 11) is 0. The quantitative estimate of drug-likeness (QED) is 0.799. The Morgan fingerprint density at radius 1 is 1.47 bits per heavy atom. The molecule has 2 heterocycles. The van der Waals surface area contributed by atoms with Crippen molar-refractivity contribution in [3.8, 4) is 0 Å². The fourth-order valence-corrected chi connectivity index (χ4v) is 2.06. The van der Waals surface area contributed by atoms with Crippen LogP contribution in [0.25, 0.3) is 0 Å². The molecule has 0 bridgehead atoms. The number of nitrogens with zero attached hydrogens (tertiary/aromatic N) is 2. The number of aromatic nitrogens is 1. The number of aliphatic carboxylic acids is 1. The minimum atomic E-state index is -0.819. The summed E-state index contributed by atoms with van der Waals surface area (Å²) >= 11 is 0. The number of hydrogen-bond acceptors (Lipinski definition) is 4. The van der Waals surface area contributed by atoms with Crippen LogP contribution in [0.15, 0.2) is 18.3 Å². The van der Waals surface area contributed by atoms with E-state index in [1.165, 1.54) is 13.1 Å². The Morgan fingerprint density at radius 2 is 2.24 bits per heavy atom. The van der Waals surface area contributed by atoms with Gasteiger partial charge in [0.05, 0.1) is 0 Å². The lowest BCUT2D eigenvalue weighted by Gasteiger charge is -2.22. The second kappa shape index (κ2) is 4.53. The molecule has 0 unspecified atom stereocenters. The largest absolute Gasteiger partial charge is 0.480 e. The van der Waals surface area contributed by atoms with Crippen LogP contribution in [0.4, 0.5) is 5.82 Å². The van der Waals surface area contributed by atoms with Gasteiger partial charge in [-0.3, -0.25) is 4.79 Å². The monoisotopic (exact) mass is 234 g/mol. The second-order valence-electron chi connectivity index (χ2n) is 4.15. The van der Waals surface area contributed by atoms with Crippen molar-refractivity contribution in [1.82, 2.24) is 4.98 Å². The van der Waals surface area contributed by atoms with Gasteiger partial charge in [-0.1, -0.05) is 0 Å². The lowest BCUT2D eigenvalue weighted by Crippen LogP contribution is -2.36. The SMILES string of the molecule is CC(=O)c1ccc(N2CCC[C@H]2C(=O)O)nc1. The maximum atomic E-state index is 11.1. The number of carboxylic acid groups (broad SMARTS) is 1. The average Bonchev–Trinajstić information content (AvgIpc) is 2.78. The predicted octanol–water partition coefficient (Wildman–Crippen LogP) is 1.34. The van der Waals surface area contributed by atoms with Crippen molar-refractivity contribution in [3.05, 3.63) is 23.9 Å². The van der Waals surface area contributed by atoms with Gasteiger partial charge in [-0.05, 0) is 31.9 Å². The summed E-state index contributed by atoms with van der Waals surface area (Å²) in [6.45, 7) is 2.18. The molecule has 90 valence electrons. The molecule has 1 aliphatic heterocycles. The molecule has 1 N–H and O–H groups in total. The fraction of sp³-hybridized carbons (Fsp3) is 0.417. The van der Waals surface area contributed by atoms with Crippen LogP contribution in [0, 0.1) is 0 Å². The van der Waals surface area contributed by atoms with Crippen LogP contribution in [-0.4, -0.2) is 34.4 Å². The average molecular weight is 234 g/mol. The van der Waals surface area contributed by atoms with Gasteiger partial charge < -0.3 is 10.0 Å². The van der Waals surface area contributed by atoms with E-state index in [1.54, 1.807) is 17.0 Å². The van der Waals surface area contributed by atoms with Crippen molar-refractivity contribution in [1.29, 1.82) is 0 Å². The molecule has 17 heavy (non-hydrogen) atoms. The number of ketones is 1. The lowest BCUT2D eigenvalue weighted by atomic mass is 10.2. The van der Waals surface area contributed by atoms with Gasteiger partial charge in [0.15, 0.2) is 5.78 Å². The van der Waals surface area contributed by atoms with Crippen molar-refractivity contribution in [2.75, 3.05) is 11.4 Å². The summed E-state index contributed by atoms with van der Waals surface area (Å²) in [6, 6.07) is 2.89. The highest BCUT2D eigenvalue weighted by atomic mass is 16.4. The Hall–Kier alpha value is -1.91. The summed E-state index contributed by atoms with van der Waals surface area (Å²) < 4.78 is 0. The maximum Gasteiger partial charge on any atom is 0.326 e. The van der Waals surface area contributed by atoms with Gasteiger partial charge in [0.1, 0.15) is 11.9 Å². The van der Waals surface area contributed by atoms with Crippen LogP contribution in [0.2, 0.25) is 0 Å². The van der Waals surface area contributed by atoms with Crippen molar-refractivity contribution in [2.45, 2.75) is 25.8 Å². The Labute approximate surface area is 99.1 Å². The number of pyridine rings is 1. The van der Waals surface area contributed by atoms with Crippen LogP contribution in [-0.2, 0) is 4.79 Å². The summed E-state index contributed by atoms with van der Waals surface area (Å²) in [5.74, 6) is -0.236. The highest BCUT2D eigenvalue weighted by Crippen LogP contribution is 2.23. The number of rotatable bonds is 3. The minimum absolute atomic E-state index is 0.0414. The van der Waals surface area contributed by atoms with E-state index in [4.69, 9.17) is 5.11 Å². The first-order valence-corrected chi connectivity index (χ1v) is 5.56. The molecule has 1 atom stereocenters. The predicted molar refractivity (Wildman–Crippen MR) is 62.2 cm³/mol. The second-order valence-corrected chi connectivity index (χ2v) is 4.15. The minimum Gasteiger partial charge on any atom is -0.480 e. The first-order chi connectivity index (χ1) is 8.09. The van der Waals surface area contributed by atoms with Crippen molar-refractivity contribution in [3.63, 3.8) is 0 Å². The first-order valence-electron chi connectivity index (χ1n) is 5.56. The molecule has 1 aromatic rings. The highest BCUT2D eigenvalue weighted by molar-refractivity contribution is 5.93. The molecule has 1 saturated heterocycles. The zero-order chi connectivity index (χ0) is 12.4. The maximum absolute atomic E-state index is 11.1. The molecule has 5 heteroatoms. The summed E-state index contributed by atoms with van der Waals surface area (Å²) in [4.78, 5) is 28.1. The van der Waals surface area contributed by atoms with Gasteiger partial charge in [0.25, 0.3) is 0 Å². The third kappa shape index (κ3) is 2.27. The molecule has 0 radical (unpaired) electrons. The third-order valence-electron chi connectivity index (χ3n) is 2.99.